The third kappa shape index (κ3) is 6.46. The summed E-state index contributed by atoms with van der Waals surface area (Å²) in [5, 5.41) is 14.0. The van der Waals surface area contributed by atoms with E-state index in [4.69, 9.17) is 21.1 Å². The first-order valence-corrected chi connectivity index (χ1v) is 8.91. The summed E-state index contributed by atoms with van der Waals surface area (Å²) in [5.74, 6) is -0.981. The number of nitrogens with one attached hydrogen (secondary N) is 1. The summed E-state index contributed by atoms with van der Waals surface area (Å²) in [4.78, 5) is 34.9. The van der Waals surface area contributed by atoms with Crippen molar-refractivity contribution in [2.45, 2.75) is 4.90 Å². The minimum Gasteiger partial charge on any atom is -0.496 e. The molecule has 0 bridgehead atoms. The minimum absolute atomic E-state index is 0.0115. The highest BCUT2D eigenvalue weighted by Crippen LogP contribution is 2.28. The Morgan fingerprint density at radius 2 is 1.93 bits per heavy atom. The average molecular weight is 411 g/mol. The summed E-state index contributed by atoms with van der Waals surface area (Å²) in [7, 11) is 1.37. The van der Waals surface area contributed by atoms with Crippen molar-refractivity contribution in [1.29, 1.82) is 0 Å². The van der Waals surface area contributed by atoms with Crippen LogP contribution in [-0.2, 0) is 14.3 Å². The van der Waals surface area contributed by atoms with Crippen LogP contribution in [0.25, 0.3) is 0 Å². The number of ether oxygens (including phenoxy) is 2. The van der Waals surface area contributed by atoms with Gasteiger partial charge < -0.3 is 14.8 Å². The molecular weight excluding hydrogens is 396 g/mol. The Kier molecular flexibility index (Phi) is 7.44. The van der Waals surface area contributed by atoms with Crippen LogP contribution in [-0.4, -0.2) is 36.3 Å². The average Bonchev–Trinajstić information content (AvgIpc) is 2.66. The Labute approximate surface area is 163 Å². The van der Waals surface area contributed by atoms with Gasteiger partial charge in [-0.05, 0) is 36.4 Å². The number of methoxy groups -OCH3 is 1. The van der Waals surface area contributed by atoms with Crippen LogP contribution in [0.3, 0.4) is 0 Å². The summed E-state index contributed by atoms with van der Waals surface area (Å²) in [5.41, 5.74) is -0.343. The van der Waals surface area contributed by atoms with Gasteiger partial charge in [-0.15, -0.1) is 11.8 Å². The van der Waals surface area contributed by atoms with Crippen molar-refractivity contribution in [2.24, 2.45) is 0 Å². The van der Waals surface area contributed by atoms with Crippen molar-refractivity contribution in [3.63, 3.8) is 0 Å². The Hall–Kier alpha value is -2.78. The second-order valence-electron chi connectivity index (χ2n) is 5.09. The maximum Gasteiger partial charge on any atom is 0.316 e. The Morgan fingerprint density at radius 3 is 2.56 bits per heavy atom. The lowest BCUT2D eigenvalue weighted by Crippen LogP contribution is -2.22. The maximum absolute atomic E-state index is 11.9. The number of carbonyl (C=O) groups excluding carboxylic acids is 2. The first kappa shape index (κ1) is 20.5. The molecule has 0 saturated heterocycles. The summed E-state index contributed by atoms with van der Waals surface area (Å²) in [6, 6.07) is 10.9. The molecule has 0 unspecified atom stereocenters. The van der Waals surface area contributed by atoms with E-state index in [1.165, 1.54) is 37.1 Å². The fourth-order valence-corrected chi connectivity index (χ4v) is 2.76. The van der Waals surface area contributed by atoms with E-state index >= 15 is 0 Å². The lowest BCUT2D eigenvalue weighted by atomic mass is 10.2. The first-order valence-electron chi connectivity index (χ1n) is 7.55. The predicted molar refractivity (Wildman–Crippen MR) is 101 cm³/mol. The molecule has 8 nitrogen and oxygen atoms in total. The molecule has 0 heterocycles. The van der Waals surface area contributed by atoms with Gasteiger partial charge in [0.05, 0.1) is 23.9 Å². The van der Waals surface area contributed by atoms with Crippen LogP contribution in [0.1, 0.15) is 0 Å². The molecule has 142 valence electrons. The predicted octanol–water partition coefficient (Wildman–Crippen LogP) is 3.53. The van der Waals surface area contributed by atoms with Gasteiger partial charge in [-0.3, -0.25) is 19.7 Å². The SMILES string of the molecule is COc1ccc(NC(=O)COC(=O)CSc2ccc(Cl)cc2)c([N+](=O)[O-])c1. The molecule has 27 heavy (non-hydrogen) atoms. The molecule has 1 amide bonds. The number of nitrogens with zero attached hydrogens (tertiary/aromatic N) is 1. The van der Waals surface area contributed by atoms with Gasteiger partial charge >= 0.3 is 5.97 Å². The molecule has 0 aliphatic rings. The van der Waals surface area contributed by atoms with E-state index in [1.54, 1.807) is 24.3 Å². The number of hydrogen-bond acceptors (Lipinski definition) is 7. The number of hydrogen-bond donors (Lipinski definition) is 1. The largest absolute Gasteiger partial charge is 0.496 e. The molecule has 0 aliphatic carbocycles. The van der Waals surface area contributed by atoms with Crippen LogP contribution in [0.5, 0.6) is 5.75 Å². The molecule has 0 fully saturated rings. The number of nitro benzene ring substituents is 1. The molecule has 0 atom stereocenters. The van der Waals surface area contributed by atoms with Gasteiger partial charge in [-0.2, -0.15) is 0 Å². The number of nitro groups is 1. The van der Waals surface area contributed by atoms with Crippen LogP contribution < -0.4 is 10.1 Å². The topological polar surface area (TPSA) is 108 Å². The highest BCUT2D eigenvalue weighted by atomic mass is 35.5. The zero-order chi connectivity index (χ0) is 19.8. The van der Waals surface area contributed by atoms with Crippen molar-refractivity contribution in [3.05, 3.63) is 57.6 Å². The number of benzene rings is 2. The number of thioether (sulfide) groups is 1. The van der Waals surface area contributed by atoms with Crippen molar-refractivity contribution in [1.82, 2.24) is 0 Å². The van der Waals surface area contributed by atoms with Gasteiger partial charge in [-0.25, -0.2) is 0 Å². The molecule has 2 aromatic rings. The number of carbonyl (C=O) groups is 2. The van der Waals surface area contributed by atoms with Gasteiger partial charge in [0.1, 0.15) is 11.4 Å². The summed E-state index contributed by atoms with van der Waals surface area (Å²) in [6.45, 7) is -0.552. The lowest BCUT2D eigenvalue weighted by Gasteiger charge is -2.08. The minimum atomic E-state index is -0.687. The van der Waals surface area contributed by atoms with E-state index < -0.39 is 23.4 Å². The number of rotatable bonds is 8. The molecule has 2 rings (SSSR count). The molecule has 0 saturated carbocycles. The fourth-order valence-electron chi connectivity index (χ4n) is 1.94. The van der Waals surface area contributed by atoms with Crippen molar-refractivity contribution < 1.29 is 24.0 Å². The zero-order valence-electron chi connectivity index (χ0n) is 14.1. The molecule has 0 aromatic heterocycles. The van der Waals surface area contributed by atoms with E-state index in [-0.39, 0.29) is 22.9 Å². The fraction of sp³-hybridized carbons (Fsp3) is 0.176. The second-order valence-corrected chi connectivity index (χ2v) is 6.58. The summed E-state index contributed by atoms with van der Waals surface area (Å²) < 4.78 is 9.79. The number of esters is 1. The Morgan fingerprint density at radius 1 is 1.22 bits per heavy atom. The van der Waals surface area contributed by atoms with Gasteiger partial charge in [0.2, 0.25) is 0 Å². The van der Waals surface area contributed by atoms with Crippen LogP contribution in [0.4, 0.5) is 11.4 Å². The van der Waals surface area contributed by atoms with Crippen molar-refractivity contribution in [2.75, 3.05) is 24.8 Å². The van der Waals surface area contributed by atoms with Crippen molar-refractivity contribution in [3.8, 4) is 5.75 Å². The third-order valence-electron chi connectivity index (χ3n) is 3.21. The molecule has 0 spiro atoms. The summed E-state index contributed by atoms with van der Waals surface area (Å²) in [6.07, 6.45) is 0. The molecule has 0 aliphatic heterocycles. The van der Waals surface area contributed by atoms with Crippen LogP contribution in [0, 0.1) is 10.1 Å². The zero-order valence-corrected chi connectivity index (χ0v) is 15.7. The van der Waals surface area contributed by atoms with Crippen LogP contribution in [0.15, 0.2) is 47.4 Å². The lowest BCUT2D eigenvalue weighted by molar-refractivity contribution is -0.384. The monoisotopic (exact) mass is 410 g/mol. The summed E-state index contributed by atoms with van der Waals surface area (Å²) >= 11 is 7.01. The first-order chi connectivity index (χ1) is 12.9. The number of halogens is 1. The molecule has 1 N–H and O–H groups in total. The third-order valence-corrected chi connectivity index (χ3v) is 4.45. The number of amides is 1. The maximum atomic E-state index is 11.9. The molecule has 2 aromatic carbocycles. The second kappa shape index (κ2) is 9.79. The standard InChI is InChI=1S/C17H15ClN2O6S/c1-25-12-4-7-14(15(8-12)20(23)24)19-16(21)9-26-17(22)10-27-13-5-2-11(18)3-6-13/h2-8H,9-10H2,1H3,(H,19,21). The normalized spacial score (nSPS) is 10.1. The Bertz CT molecular complexity index is 844. The van der Waals surface area contributed by atoms with Crippen LogP contribution in [0.2, 0.25) is 5.02 Å². The van der Waals surface area contributed by atoms with Crippen LogP contribution >= 0.6 is 23.4 Å². The van der Waals surface area contributed by atoms with Gasteiger partial charge in [-0.1, -0.05) is 11.6 Å². The number of anilines is 1. The molecular formula is C17H15ClN2O6S. The quantitative estimate of drug-likeness (QED) is 0.307. The smallest absolute Gasteiger partial charge is 0.316 e. The Balaban J connectivity index is 1.84. The van der Waals surface area contributed by atoms with Gasteiger partial charge in [0.15, 0.2) is 6.61 Å². The van der Waals surface area contributed by atoms with E-state index in [2.05, 4.69) is 5.32 Å². The highest BCUT2D eigenvalue weighted by molar-refractivity contribution is 8.00. The van der Waals surface area contributed by atoms with E-state index in [0.29, 0.717) is 5.02 Å². The highest BCUT2D eigenvalue weighted by Gasteiger charge is 2.18. The van der Waals surface area contributed by atoms with E-state index in [0.717, 1.165) is 4.90 Å². The van der Waals surface area contributed by atoms with Gasteiger partial charge in [0, 0.05) is 9.92 Å². The van der Waals surface area contributed by atoms with Gasteiger partial charge in [0.25, 0.3) is 11.6 Å². The molecule has 0 radical (unpaired) electrons. The van der Waals surface area contributed by atoms with E-state index in [1.807, 2.05) is 0 Å². The molecule has 10 heteroatoms. The van der Waals surface area contributed by atoms with E-state index in [9.17, 15) is 19.7 Å². The van der Waals surface area contributed by atoms with Crippen molar-refractivity contribution >= 4 is 46.6 Å².